The molecule has 0 aromatic carbocycles. The van der Waals surface area contributed by atoms with Crippen LogP contribution in [0, 0.1) is 0 Å². The average Bonchev–Trinajstić information content (AvgIpc) is 1.90. The van der Waals surface area contributed by atoms with Crippen molar-refractivity contribution in [1.82, 2.24) is 0 Å². The van der Waals surface area contributed by atoms with Crippen molar-refractivity contribution in [3.05, 3.63) is 0 Å². The fraction of sp³-hybridized carbons (Fsp3) is 1.00. The zero-order valence-electron chi connectivity index (χ0n) is 6.23. The van der Waals surface area contributed by atoms with E-state index in [9.17, 15) is 4.57 Å². The Hall–Kier alpha value is 0.640. The highest BCUT2D eigenvalue weighted by Crippen LogP contribution is 2.34. The van der Waals surface area contributed by atoms with Crippen LogP contribution in [-0.2, 0) is 4.57 Å². The minimum atomic E-state index is -1.87. The molecule has 1 aliphatic carbocycles. The Morgan fingerprint density at radius 3 is 1.82 bits per heavy atom. The van der Waals surface area contributed by atoms with Gasteiger partial charge in [-0.15, -0.1) is 24.8 Å². The summed E-state index contributed by atoms with van der Waals surface area (Å²) < 4.78 is 10.5. The fourth-order valence-corrected chi connectivity index (χ4v) is 2.11. The second-order valence-corrected chi connectivity index (χ2v) is 3.93. The molecule has 5 heteroatoms. The summed E-state index contributed by atoms with van der Waals surface area (Å²) in [5.74, 6) is 0. The van der Waals surface area contributed by atoms with E-state index in [4.69, 9.17) is 4.89 Å². The van der Waals surface area contributed by atoms with Crippen molar-refractivity contribution in [1.29, 1.82) is 0 Å². The molecule has 0 amide bonds. The smallest absolute Gasteiger partial charge is 0.161 e. The van der Waals surface area contributed by atoms with Crippen molar-refractivity contribution in [2.24, 2.45) is 0 Å². The summed E-state index contributed by atoms with van der Waals surface area (Å²) in [6.45, 7) is 0. The Morgan fingerprint density at radius 2 is 1.55 bits per heavy atom. The van der Waals surface area contributed by atoms with Crippen LogP contribution >= 0.6 is 32.8 Å². The summed E-state index contributed by atoms with van der Waals surface area (Å²) in [5, 5.41) is 0. The number of hydrogen-bond acceptors (Lipinski definition) is 1. The van der Waals surface area contributed by atoms with Crippen molar-refractivity contribution < 1.29 is 9.46 Å². The first-order valence-corrected chi connectivity index (χ1v) is 4.74. The minimum Gasteiger partial charge on any atom is -0.161 e. The Bertz CT molecular complexity index is 115. The summed E-state index contributed by atoms with van der Waals surface area (Å²) in [4.78, 5) is 8.69. The van der Waals surface area contributed by atoms with E-state index in [0.717, 1.165) is 25.7 Å². The molecular weight excluding hydrogens is 206 g/mol. The van der Waals surface area contributed by atoms with Crippen LogP contribution in [0.1, 0.15) is 32.1 Å². The maximum Gasteiger partial charge on any atom is 0.508 e. The van der Waals surface area contributed by atoms with Gasteiger partial charge in [-0.2, -0.15) is 4.89 Å². The van der Waals surface area contributed by atoms with Gasteiger partial charge in [-0.25, -0.2) is 0 Å². The molecule has 0 heterocycles. The van der Waals surface area contributed by atoms with Gasteiger partial charge >= 0.3 is 8.03 Å². The Morgan fingerprint density at radius 1 is 1.09 bits per heavy atom. The van der Waals surface area contributed by atoms with Crippen LogP contribution < -0.4 is 0 Å². The lowest BCUT2D eigenvalue weighted by Crippen LogP contribution is -2.06. The third-order valence-corrected chi connectivity index (χ3v) is 3.03. The van der Waals surface area contributed by atoms with Crippen LogP contribution in [0.4, 0.5) is 0 Å². The van der Waals surface area contributed by atoms with E-state index in [1.807, 2.05) is 0 Å². The monoisotopic (exact) mass is 219 g/mol. The van der Waals surface area contributed by atoms with Crippen molar-refractivity contribution >= 4 is 32.8 Å². The van der Waals surface area contributed by atoms with E-state index in [-0.39, 0.29) is 30.5 Å². The normalized spacial score (nSPS) is 19.5. The molecule has 0 spiro atoms. The highest BCUT2D eigenvalue weighted by Gasteiger charge is 2.29. The Kier molecular flexibility index (Phi) is 9.41. The zero-order chi connectivity index (χ0) is 6.69. The molecule has 1 unspecified atom stereocenters. The third-order valence-electron chi connectivity index (χ3n) is 1.89. The van der Waals surface area contributed by atoms with Crippen molar-refractivity contribution in [3.63, 3.8) is 0 Å². The Balaban J connectivity index is 0. The average molecular weight is 220 g/mol. The standard InChI is InChI=1S/C6H11O2P.2ClH/c7-9(8)6-4-2-1-3-5-6;;/h6H,1-5H2;2*1H/p+1. The lowest BCUT2D eigenvalue weighted by molar-refractivity contribution is 0.442. The van der Waals surface area contributed by atoms with Gasteiger partial charge in [-0.3, -0.25) is 0 Å². The van der Waals surface area contributed by atoms with Gasteiger partial charge in [0.1, 0.15) is 0 Å². The first kappa shape index (κ1) is 14.2. The molecule has 0 saturated heterocycles. The lowest BCUT2D eigenvalue weighted by atomic mass is 10.0. The number of rotatable bonds is 1. The van der Waals surface area contributed by atoms with Crippen LogP contribution in [0.3, 0.4) is 0 Å². The largest absolute Gasteiger partial charge is 0.508 e. The van der Waals surface area contributed by atoms with Crippen LogP contribution in [0.15, 0.2) is 0 Å². The number of halogens is 2. The van der Waals surface area contributed by atoms with Crippen molar-refractivity contribution in [2.75, 3.05) is 0 Å². The SMILES string of the molecule is Cl.Cl.O=[P+](O)C1CCCCC1. The first-order valence-electron chi connectivity index (χ1n) is 3.46. The van der Waals surface area contributed by atoms with E-state index in [1.165, 1.54) is 6.42 Å². The molecule has 1 N–H and O–H groups in total. The summed E-state index contributed by atoms with van der Waals surface area (Å²) in [6, 6.07) is 0. The molecule has 1 saturated carbocycles. The van der Waals surface area contributed by atoms with Gasteiger partial charge in [0.2, 0.25) is 0 Å². The number of hydrogen-bond donors (Lipinski definition) is 1. The molecule has 68 valence electrons. The van der Waals surface area contributed by atoms with Gasteiger partial charge < -0.3 is 0 Å². The second-order valence-electron chi connectivity index (χ2n) is 2.59. The summed E-state index contributed by atoms with van der Waals surface area (Å²) in [7, 11) is -1.87. The summed E-state index contributed by atoms with van der Waals surface area (Å²) >= 11 is 0. The van der Waals surface area contributed by atoms with Gasteiger partial charge in [0.05, 0.1) is 0 Å². The van der Waals surface area contributed by atoms with Gasteiger partial charge in [0, 0.05) is 0 Å². The molecule has 0 aliphatic heterocycles. The van der Waals surface area contributed by atoms with E-state index in [1.54, 1.807) is 0 Å². The zero-order valence-corrected chi connectivity index (χ0v) is 8.76. The van der Waals surface area contributed by atoms with Crippen LogP contribution in [0.25, 0.3) is 0 Å². The molecule has 2 nitrogen and oxygen atoms in total. The molecule has 0 bridgehead atoms. The van der Waals surface area contributed by atoms with Gasteiger partial charge in [0.25, 0.3) is 0 Å². The quantitative estimate of drug-likeness (QED) is 0.689. The maximum atomic E-state index is 10.5. The molecule has 1 aliphatic rings. The molecule has 1 rings (SSSR count). The van der Waals surface area contributed by atoms with Gasteiger partial charge in [-0.1, -0.05) is 6.42 Å². The second kappa shape index (κ2) is 7.30. The van der Waals surface area contributed by atoms with Crippen LogP contribution in [-0.4, -0.2) is 10.6 Å². The maximum absolute atomic E-state index is 10.5. The molecule has 1 fully saturated rings. The van der Waals surface area contributed by atoms with E-state index < -0.39 is 8.03 Å². The predicted molar refractivity (Wildman–Crippen MR) is 51.2 cm³/mol. The molecule has 0 aromatic heterocycles. The molecule has 11 heavy (non-hydrogen) atoms. The van der Waals surface area contributed by atoms with Crippen molar-refractivity contribution in [2.45, 2.75) is 37.8 Å². The van der Waals surface area contributed by atoms with E-state index in [2.05, 4.69) is 0 Å². The topological polar surface area (TPSA) is 37.3 Å². The molecule has 0 aromatic rings. The third kappa shape index (κ3) is 4.97. The molecule has 1 atom stereocenters. The van der Waals surface area contributed by atoms with Crippen molar-refractivity contribution in [3.8, 4) is 0 Å². The highest BCUT2D eigenvalue weighted by atomic mass is 35.5. The summed E-state index contributed by atoms with van der Waals surface area (Å²) in [5.41, 5.74) is 0.119. The summed E-state index contributed by atoms with van der Waals surface area (Å²) in [6.07, 6.45) is 5.47. The lowest BCUT2D eigenvalue weighted by Gasteiger charge is -2.09. The first-order chi connectivity index (χ1) is 4.30. The van der Waals surface area contributed by atoms with Gasteiger partial charge in [0.15, 0.2) is 5.66 Å². The predicted octanol–water partition coefficient (Wildman–Crippen LogP) is 2.90. The fourth-order valence-electron chi connectivity index (χ4n) is 1.30. The molecule has 0 radical (unpaired) electrons. The highest BCUT2D eigenvalue weighted by molar-refractivity contribution is 7.38. The van der Waals surface area contributed by atoms with E-state index >= 15 is 0 Å². The van der Waals surface area contributed by atoms with E-state index in [0.29, 0.717) is 0 Å². The Labute approximate surface area is 80.4 Å². The minimum absolute atomic E-state index is 0. The van der Waals surface area contributed by atoms with Gasteiger partial charge in [-0.05, 0) is 30.2 Å². The van der Waals surface area contributed by atoms with Crippen LogP contribution in [0.5, 0.6) is 0 Å². The molecular formula is C6H14Cl2O2P+. The van der Waals surface area contributed by atoms with Crippen LogP contribution in [0.2, 0.25) is 0 Å².